The van der Waals surface area contributed by atoms with Gasteiger partial charge in [0.25, 0.3) is 0 Å². The highest BCUT2D eigenvalue weighted by atomic mass is 16.8. The predicted molar refractivity (Wildman–Crippen MR) is 247 cm³/mol. The monoisotopic (exact) mass is 1010 g/mol. The van der Waals surface area contributed by atoms with E-state index >= 15 is 0 Å². The average molecular weight is 1010 g/mol. The third-order valence-electron chi connectivity index (χ3n) is 14.6. The molecule has 70 heavy (non-hydrogen) atoms. The Morgan fingerprint density at radius 2 is 1.09 bits per heavy atom. The molecule has 6 N–H and O–H groups in total. The maximum absolute atomic E-state index is 13.6. The maximum Gasteiger partial charge on any atom is 0.309 e. The molecule has 0 unspecified atom stereocenters. The van der Waals surface area contributed by atoms with Gasteiger partial charge in [0, 0.05) is 6.42 Å². The first-order valence-electron chi connectivity index (χ1n) is 26.2. The average Bonchev–Trinajstić information content (AvgIpc) is 3.32. The van der Waals surface area contributed by atoms with Crippen molar-refractivity contribution < 1.29 is 97.1 Å². The molecule has 0 radical (unpaired) electrons. The summed E-state index contributed by atoms with van der Waals surface area (Å²) in [5, 5.41) is 69.2. The zero-order valence-corrected chi connectivity index (χ0v) is 42.8. The van der Waals surface area contributed by atoms with Crippen molar-refractivity contribution in [2.45, 2.75) is 288 Å². The van der Waals surface area contributed by atoms with Gasteiger partial charge in [-0.05, 0) is 59.8 Å². The Hall–Kier alpha value is -2.15. The van der Waals surface area contributed by atoms with Crippen molar-refractivity contribution in [1.29, 1.82) is 0 Å². The molecule has 0 aromatic rings. The van der Waals surface area contributed by atoms with Crippen molar-refractivity contribution in [2.75, 3.05) is 0 Å². The van der Waals surface area contributed by atoms with E-state index in [1.807, 2.05) is 6.92 Å². The molecule has 20 heteroatoms. The van der Waals surface area contributed by atoms with Crippen molar-refractivity contribution in [3.63, 3.8) is 0 Å². The van der Waals surface area contributed by atoms with Crippen LogP contribution in [-0.4, -0.2) is 177 Å². The van der Waals surface area contributed by atoms with Gasteiger partial charge >= 0.3 is 17.9 Å². The van der Waals surface area contributed by atoms with Gasteiger partial charge in [-0.3, -0.25) is 14.4 Å². The van der Waals surface area contributed by atoms with Crippen LogP contribution in [0.25, 0.3) is 0 Å². The van der Waals surface area contributed by atoms with Gasteiger partial charge in [0.15, 0.2) is 43.5 Å². The molecule has 406 valence electrons. The van der Waals surface area contributed by atoms with Crippen LogP contribution in [0.15, 0.2) is 0 Å². The van der Waals surface area contributed by atoms with Gasteiger partial charge in [0.05, 0.1) is 42.4 Å². The minimum Gasteiger partial charge on any atom is -0.457 e. The fourth-order valence-corrected chi connectivity index (χ4v) is 9.55. The van der Waals surface area contributed by atoms with E-state index in [9.17, 15) is 45.0 Å². The van der Waals surface area contributed by atoms with Crippen LogP contribution < -0.4 is 0 Å². The number of aliphatic hydroxyl groups excluding tert-OH is 6. The number of ether oxygens (including phenoxy) is 11. The molecule has 0 aliphatic carbocycles. The lowest BCUT2D eigenvalue weighted by Gasteiger charge is -2.49. The smallest absolute Gasteiger partial charge is 0.309 e. The largest absolute Gasteiger partial charge is 0.457 e. The first-order chi connectivity index (χ1) is 33.3. The van der Waals surface area contributed by atoms with E-state index in [1.54, 1.807) is 34.6 Å². The predicted octanol–water partition coefficient (Wildman–Crippen LogP) is 3.60. The number of carbonyl (C=O) groups is 3. The summed E-state index contributed by atoms with van der Waals surface area (Å²) in [6, 6.07) is 0. The van der Waals surface area contributed by atoms with E-state index in [2.05, 4.69) is 6.92 Å². The summed E-state index contributed by atoms with van der Waals surface area (Å²) < 4.78 is 67.1. The Kier molecular flexibility index (Phi) is 23.4. The Labute approximate surface area is 413 Å². The number of hydrogen-bond acceptors (Lipinski definition) is 20. The van der Waals surface area contributed by atoms with Crippen molar-refractivity contribution in [2.24, 2.45) is 11.8 Å². The van der Waals surface area contributed by atoms with Crippen molar-refractivity contribution in [1.82, 2.24) is 0 Å². The van der Waals surface area contributed by atoms with Crippen LogP contribution in [0.2, 0.25) is 0 Å². The molecule has 6 aliphatic heterocycles. The minimum absolute atomic E-state index is 0.0283. The SMILES string of the molecule is CCCCC[C@H]1CCCCCCCCCC(=O)O[C@H]2[C@@H](O)[C@H](O[C@@H]3[C@@H](O)[C@@H](O)[C@H](O1)O[C@H]3C)O[C@@H](C)[C@@H]2O[C@@H]1O[C@@H](C)[C@H](O[C@@H]2O[C@@H](C)[C@H](OC(=O)[C@@H](C)CC)[C@@H](O)[C@H]2O)[C@@H](O)[C@H]1OC(=O)[C@@H](C)CC. The molecule has 6 heterocycles. The number of carbonyl (C=O) groups excluding carboxylic acids is 3. The first kappa shape index (κ1) is 58.7. The normalized spacial score (nSPS) is 42.7. The van der Waals surface area contributed by atoms with Crippen LogP contribution in [0.4, 0.5) is 0 Å². The van der Waals surface area contributed by atoms with Crippen LogP contribution in [-0.2, 0) is 66.5 Å². The number of esters is 3. The maximum atomic E-state index is 13.6. The fourth-order valence-electron chi connectivity index (χ4n) is 9.55. The van der Waals surface area contributed by atoms with Crippen LogP contribution in [0.5, 0.6) is 0 Å². The number of rotatable bonds is 14. The van der Waals surface area contributed by atoms with Gasteiger partial charge in [-0.25, -0.2) is 0 Å². The Morgan fingerprint density at radius 1 is 0.543 bits per heavy atom. The van der Waals surface area contributed by atoms with Crippen molar-refractivity contribution >= 4 is 17.9 Å². The number of fused-ring (bicyclic) bond motifs is 14. The Morgan fingerprint density at radius 3 is 1.73 bits per heavy atom. The highest BCUT2D eigenvalue weighted by molar-refractivity contribution is 5.72. The van der Waals surface area contributed by atoms with Crippen LogP contribution in [0, 0.1) is 11.8 Å². The van der Waals surface area contributed by atoms with Gasteiger partial charge in [-0.1, -0.05) is 92.4 Å². The van der Waals surface area contributed by atoms with Gasteiger partial charge < -0.3 is 82.7 Å². The molecular weight excluding hydrogens is 921 g/mol. The van der Waals surface area contributed by atoms with Gasteiger partial charge in [0.1, 0.15) is 54.9 Å². The van der Waals surface area contributed by atoms with E-state index in [1.165, 1.54) is 13.8 Å². The van der Waals surface area contributed by atoms with Crippen LogP contribution in [0.3, 0.4) is 0 Å². The van der Waals surface area contributed by atoms with E-state index in [-0.39, 0.29) is 12.5 Å². The van der Waals surface area contributed by atoms with Gasteiger partial charge in [-0.2, -0.15) is 0 Å². The van der Waals surface area contributed by atoms with E-state index in [4.69, 9.17) is 52.1 Å². The topological polar surface area (TPSA) is 274 Å². The summed E-state index contributed by atoms with van der Waals surface area (Å²) in [5.41, 5.74) is 0. The summed E-state index contributed by atoms with van der Waals surface area (Å²) in [6.07, 6.45) is -16.6. The third kappa shape index (κ3) is 15.2. The summed E-state index contributed by atoms with van der Waals surface area (Å²) in [6.45, 7) is 15.3. The molecule has 0 spiro atoms. The third-order valence-corrected chi connectivity index (χ3v) is 14.6. The molecule has 6 rings (SSSR count). The Balaban J connectivity index is 1.37. The number of unbranched alkanes of at least 4 members (excludes halogenated alkanes) is 2. The summed E-state index contributed by atoms with van der Waals surface area (Å²) in [7, 11) is 0. The van der Waals surface area contributed by atoms with Gasteiger partial charge in [0.2, 0.25) is 0 Å². The molecule has 4 bridgehead atoms. The lowest BCUT2D eigenvalue weighted by molar-refractivity contribution is -0.383. The second-order valence-electron chi connectivity index (χ2n) is 20.2. The van der Waals surface area contributed by atoms with Crippen molar-refractivity contribution in [3.8, 4) is 0 Å². The number of aliphatic hydroxyl groups is 6. The van der Waals surface area contributed by atoms with E-state index in [0.29, 0.717) is 19.3 Å². The molecule has 0 aromatic heterocycles. The van der Waals surface area contributed by atoms with E-state index < -0.39 is 153 Å². The molecule has 6 fully saturated rings. The quantitative estimate of drug-likeness (QED) is 0.0824. The van der Waals surface area contributed by atoms with Gasteiger partial charge in [-0.15, -0.1) is 0 Å². The summed E-state index contributed by atoms with van der Waals surface area (Å²) in [4.78, 5) is 39.7. The molecular formula is C50H86O20. The molecule has 20 nitrogen and oxygen atoms in total. The minimum atomic E-state index is -1.76. The van der Waals surface area contributed by atoms with E-state index in [0.717, 1.165) is 70.6 Å². The fraction of sp³-hybridized carbons (Fsp3) is 0.940. The molecule has 0 amide bonds. The number of hydrogen-bond donors (Lipinski definition) is 6. The lowest BCUT2D eigenvalue weighted by Crippen LogP contribution is -2.67. The second-order valence-corrected chi connectivity index (χ2v) is 20.2. The molecule has 6 saturated heterocycles. The molecule has 0 aromatic carbocycles. The lowest BCUT2D eigenvalue weighted by atomic mass is 9.95. The standard InChI is InChI=1S/C50H86O20/c1-10-13-19-22-31-23-20-17-15-14-16-18-21-24-32(51)65-43-38(57)49(68-40-28(7)60-47(64-31)35(54)34(40)53)62-30(9)42(43)70-50-44(67-46(59)26(5)12-3)37(56)41(29(8)63-50)69-48-36(55)33(52)39(27(6)61-48)66-45(58)25(4)11-2/h25-31,33-44,47-50,52-57H,10-24H2,1-9H3/t25-,26-,27-,28-,29-,30-,31-,33-,34-,35+,36+,37+,38+,39-,40-,41-,42-,43-,44+,47-,48-,49-,50-/m0/s1. The second kappa shape index (κ2) is 27.9. The molecule has 6 aliphatic rings. The van der Waals surface area contributed by atoms with Crippen molar-refractivity contribution in [3.05, 3.63) is 0 Å². The Bertz CT molecular complexity index is 1590. The van der Waals surface area contributed by atoms with Crippen LogP contribution in [0.1, 0.15) is 159 Å². The summed E-state index contributed by atoms with van der Waals surface area (Å²) >= 11 is 0. The summed E-state index contributed by atoms with van der Waals surface area (Å²) in [5.74, 6) is -3.02. The highest BCUT2D eigenvalue weighted by Crippen LogP contribution is 2.37. The first-order valence-corrected chi connectivity index (χ1v) is 26.2. The molecule has 23 atom stereocenters. The molecule has 0 saturated carbocycles. The zero-order chi connectivity index (χ0) is 51.4. The van der Waals surface area contributed by atoms with Crippen LogP contribution >= 0.6 is 0 Å². The highest BCUT2D eigenvalue weighted by Gasteiger charge is 2.56. The zero-order valence-electron chi connectivity index (χ0n) is 42.8.